The number of rotatable bonds is 4. The van der Waals surface area contributed by atoms with E-state index in [2.05, 4.69) is 10.1 Å². The smallest absolute Gasteiger partial charge is 0.339 e. The first-order valence-electron chi connectivity index (χ1n) is 10.1. The van der Waals surface area contributed by atoms with Gasteiger partial charge in [-0.05, 0) is 50.6 Å². The van der Waals surface area contributed by atoms with Crippen molar-refractivity contribution in [3.8, 4) is 16.9 Å². The molecule has 0 aliphatic carbocycles. The molecule has 1 aromatic carbocycles. The van der Waals surface area contributed by atoms with Gasteiger partial charge in [-0.3, -0.25) is 9.78 Å². The van der Waals surface area contributed by atoms with Gasteiger partial charge < -0.3 is 9.84 Å². The van der Waals surface area contributed by atoms with Crippen LogP contribution < -0.4 is 0 Å². The van der Waals surface area contributed by atoms with Gasteiger partial charge in [-0.1, -0.05) is 18.2 Å². The van der Waals surface area contributed by atoms with E-state index in [4.69, 9.17) is 19.6 Å². The number of pyridine rings is 2. The monoisotopic (exact) mass is 432 g/mol. The Kier molecular flexibility index (Phi) is 6.94. The van der Waals surface area contributed by atoms with Crippen LogP contribution in [0, 0.1) is 13.8 Å². The summed E-state index contributed by atoms with van der Waals surface area (Å²) >= 11 is 0. The molecular weight excluding hydrogens is 408 g/mol. The highest BCUT2D eigenvalue weighted by molar-refractivity contribution is 6.05. The molecule has 0 saturated heterocycles. The Hall–Kier alpha value is -4.07. The Bertz CT molecular complexity index is 1260. The van der Waals surface area contributed by atoms with Crippen molar-refractivity contribution in [3.63, 3.8) is 0 Å². The maximum absolute atomic E-state index is 12.7. The number of aryl methyl sites for hydroxylation is 2. The highest BCUT2D eigenvalue weighted by Crippen LogP contribution is 2.29. The van der Waals surface area contributed by atoms with Crippen LogP contribution in [0.3, 0.4) is 0 Å². The van der Waals surface area contributed by atoms with E-state index in [1.54, 1.807) is 30.1 Å². The van der Waals surface area contributed by atoms with E-state index >= 15 is 0 Å². The lowest BCUT2D eigenvalue weighted by atomic mass is 10.1. The van der Waals surface area contributed by atoms with Gasteiger partial charge in [0.05, 0.1) is 34.6 Å². The number of para-hydroxylation sites is 1. The van der Waals surface area contributed by atoms with E-state index in [1.807, 2.05) is 50.2 Å². The molecule has 0 bridgehead atoms. The fraction of sp³-hybridized carbons (Fsp3) is 0.208. The zero-order valence-corrected chi connectivity index (χ0v) is 18.4. The van der Waals surface area contributed by atoms with Gasteiger partial charge in [0.15, 0.2) is 5.65 Å². The number of aliphatic carboxylic acids is 1. The van der Waals surface area contributed by atoms with Crippen LogP contribution in [0.25, 0.3) is 28.0 Å². The number of carbonyl (C=O) groups is 2. The number of nitrogens with zero attached hydrogens (tertiary/aromatic N) is 4. The minimum absolute atomic E-state index is 0.301. The van der Waals surface area contributed by atoms with Gasteiger partial charge >= 0.3 is 5.97 Å². The quantitative estimate of drug-likeness (QED) is 0.477. The Morgan fingerprint density at radius 1 is 1.12 bits per heavy atom. The third kappa shape index (κ3) is 4.80. The summed E-state index contributed by atoms with van der Waals surface area (Å²) in [7, 11) is 0. The molecule has 0 aliphatic rings. The summed E-state index contributed by atoms with van der Waals surface area (Å²) < 4.78 is 7.10. The van der Waals surface area contributed by atoms with Gasteiger partial charge in [-0.25, -0.2) is 14.5 Å². The van der Waals surface area contributed by atoms with Gasteiger partial charge in [-0.2, -0.15) is 5.10 Å². The topological polar surface area (TPSA) is 107 Å². The van der Waals surface area contributed by atoms with Gasteiger partial charge in [0.2, 0.25) is 0 Å². The molecule has 0 radical (unpaired) electrons. The third-order valence-electron chi connectivity index (χ3n) is 4.61. The van der Waals surface area contributed by atoms with E-state index in [9.17, 15) is 4.79 Å². The molecule has 1 N–H and O–H groups in total. The largest absolute Gasteiger partial charge is 0.481 e. The number of benzene rings is 1. The van der Waals surface area contributed by atoms with E-state index < -0.39 is 5.97 Å². The van der Waals surface area contributed by atoms with Crippen LogP contribution in [0.2, 0.25) is 0 Å². The number of carboxylic acid groups (broad SMARTS) is 1. The first-order valence-corrected chi connectivity index (χ1v) is 10.1. The van der Waals surface area contributed by atoms with E-state index in [1.165, 1.54) is 0 Å². The number of fused-ring (bicyclic) bond motifs is 1. The van der Waals surface area contributed by atoms with Crippen molar-refractivity contribution in [2.75, 3.05) is 6.61 Å². The number of hydrogen-bond acceptors (Lipinski definition) is 6. The Morgan fingerprint density at radius 3 is 2.47 bits per heavy atom. The van der Waals surface area contributed by atoms with Crippen LogP contribution in [0.15, 0.2) is 54.9 Å². The first kappa shape index (κ1) is 22.6. The van der Waals surface area contributed by atoms with Crippen LogP contribution in [0.1, 0.15) is 35.5 Å². The van der Waals surface area contributed by atoms with Crippen molar-refractivity contribution >= 4 is 23.0 Å². The summed E-state index contributed by atoms with van der Waals surface area (Å²) in [5, 5.41) is 12.8. The van der Waals surface area contributed by atoms with Crippen molar-refractivity contribution in [2.24, 2.45) is 0 Å². The van der Waals surface area contributed by atoms with Crippen LogP contribution in [0.4, 0.5) is 0 Å². The summed E-state index contributed by atoms with van der Waals surface area (Å²) in [4.78, 5) is 30.7. The zero-order valence-electron chi connectivity index (χ0n) is 18.4. The Morgan fingerprint density at radius 2 is 1.84 bits per heavy atom. The molecule has 32 heavy (non-hydrogen) atoms. The molecule has 0 fully saturated rings. The molecule has 8 heteroatoms. The second-order valence-corrected chi connectivity index (χ2v) is 7.02. The lowest BCUT2D eigenvalue weighted by molar-refractivity contribution is -0.134. The van der Waals surface area contributed by atoms with Crippen LogP contribution in [0.5, 0.6) is 0 Å². The number of hydrogen-bond donors (Lipinski definition) is 1. The summed E-state index contributed by atoms with van der Waals surface area (Å²) in [6.07, 6.45) is 3.43. The zero-order chi connectivity index (χ0) is 23.3. The van der Waals surface area contributed by atoms with Crippen molar-refractivity contribution in [1.29, 1.82) is 0 Å². The third-order valence-corrected chi connectivity index (χ3v) is 4.61. The van der Waals surface area contributed by atoms with Gasteiger partial charge in [0.1, 0.15) is 0 Å². The number of ether oxygens (including phenoxy) is 1. The van der Waals surface area contributed by atoms with Crippen molar-refractivity contribution in [3.05, 3.63) is 71.7 Å². The molecule has 8 nitrogen and oxygen atoms in total. The molecule has 0 saturated carbocycles. The predicted molar refractivity (Wildman–Crippen MR) is 121 cm³/mol. The summed E-state index contributed by atoms with van der Waals surface area (Å²) in [6.45, 7) is 7.08. The minimum Gasteiger partial charge on any atom is -0.481 e. The van der Waals surface area contributed by atoms with E-state index in [0.717, 1.165) is 29.4 Å². The lowest BCUT2D eigenvalue weighted by Gasteiger charge is -2.10. The number of esters is 1. The van der Waals surface area contributed by atoms with Crippen LogP contribution in [-0.2, 0) is 9.53 Å². The van der Waals surface area contributed by atoms with Crippen LogP contribution in [-0.4, -0.2) is 43.4 Å². The fourth-order valence-electron chi connectivity index (χ4n) is 3.29. The SMILES string of the molecule is CC(=O)O.CCOC(=O)c1cc(-c2cccnc2)nc2c1c(C)nn2-c1ccccc1C. The molecule has 0 aliphatic heterocycles. The van der Waals surface area contributed by atoms with Crippen molar-refractivity contribution < 1.29 is 19.4 Å². The second kappa shape index (κ2) is 9.82. The second-order valence-electron chi connectivity index (χ2n) is 7.02. The fourth-order valence-corrected chi connectivity index (χ4v) is 3.29. The van der Waals surface area contributed by atoms with E-state index in [0.29, 0.717) is 28.9 Å². The van der Waals surface area contributed by atoms with Crippen molar-refractivity contribution in [1.82, 2.24) is 19.7 Å². The van der Waals surface area contributed by atoms with Crippen LogP contribution >= 0.6 is 0 Å². The summed E-state index contributed by atoms with van der Waals surface area (Å²) in [5.41, 5.74) is 5.28. The maximum atomic E-state index is 12.7. The normalized spacial score (nSPS) is 10.4. The lowest BCUT2D eigenvalue weighted by Crippen LogP contribution is -2.07. The first-order chi connectivity index (χ1) is 15.3. The summed E-state index contributed by atoms with van der Waals surface area (Å²) in [5.74, 6) is -1.22. The molecular formula is C24H24N4O4. The molecule has 0 atom stereocenters. The summed E-state index contributed by atoms with van der Waals surface area (Å²) in [6, 6.07) is 13.5. The molecule has 0 spiro atoms. The molecule has 0 amide bonds. The Labute approximate surface area is 185 Å². The minimum atomic E-state index is -0.833. The molecule has 3 heterocycles. The standard InChI is InChI=1S/C22H20N4O2.C2H4O2/c1-4-28-22(27)17-12-18(16-9-7-11-23-13-16)24-21-20(17)15(3)25-26(21)19-10-6-5-8-14(19)2;1-2(3)4/h5-13H,4H2,1-3H3;1H3,(H,3,4). The molecule has 4 aromatic rings. The van der Waals surface area contributed by atoms with E-state index in [-0.39, 0.29) is 5.97 Å². The van der Waals surface area contributed by atoms with Gasteiger partial charge in [-0.15, -0.1) is 0 Å². The highest BCUT2D eigenvalue weighted by atomic mass is 16.5. The van der Waals surface area contributed by atoms with Gasteiger partial charge in [0, 0.05) is 24.9 Å². The Balaban J connectivity index is 0.000000668. The number of carbonyl (C=O) groups excluding carboxylic acids is 1. The molecule has 0 unspecified atom stereocenters. The number of carboxylic acids is 1. The molecule has 164 valence electrons. The van der Waals surface area contributed by atoms with Gasteiger partial charge in [0.25, 0.3) is 5.97 Å². The highest BCUT2D eigenvalue weighted by Gasteiger charge is 2.22. The molecule has 3 aromatic heterocycles. The maximum Gasteiger partial charge on any atom is 0.339 e. The predicted octanol–water partition coefficient (Wildman–Crippen LogP) is 4.37. The average molecular weight is 432 g/mol. The molecule has 4 rings (SSSR count). The van der Waals surface area contributed by atoms with Crippen molar-refractivity contribution in [2.45, 2.75) is 27.7 Å². The number of aromatic nitrogens is 4. The average Bonchev–Trinajstić information content (AvgIpc) is 3.10.